The Bertz CT molecular complexity index is 353. The Labute approximate surface area is 128 Å². The van der Waals surface area contributed by atoms with Crippen LogP contribution < -0.4 is 0 Å². The predicted octanol–water partition coefficient (Wildman–Crippen LogP) is 3.72. The van der Waals surface area contributed by atoms with Crippen LogP contribution in [0.15, 0.2) is 0 Å². The molecule has 0 saturated heterocycles. The minimum Gasteiger partial charge on any atom is -0.462 e. The second-order valence-corrected chi connectivity index (χ2v) is 6.35. The molecule has 1 saturated carbocycles. The largest absolute Gasteiger partial charge is 0.462 e. The van der Waals surface area contributed by atoms with Gasteiger partial charge in [-0.2, -0.15) is 0 Å². The molecule has 0 radical (unpaired) electrons. The molecular weight excluding hydrogens is 268 g/mol. The molecule has 4 nitrogen and oxygen atoms in total. The van der Waals surface area contributed by atoms with Crippen molar-refractivity contribution in [2.45, 2.75) is 78.9 Å². The Balaban J connectivity index is 2.78. The Hall–Kier alpha value is -1.06. The van der Waals surface area contributed by atoms with E-state index in [1.807, 2.05) is 34.6 Å². The summed E-state index contributed by atoms with van der Waals surface area (Å²) >= 11 is 0. The molecule has 0 N–H and O–H groups in total. The lowest BCUT2D eigenvalue weighted by Gasteiger charge is -2.34. The van der Waals surface area contributed by atoms with Gasteiger partial charge in [-0.25, -0.2) is 0 Å². The monoisotopic (exact) mass is 298 g/mol. The van der Waals surface area contributed by atoms with Crippen LogP contribution in [0.3, 0.4) is 0 Å². The van der Waals surface area contributed by atoms with Crippen molar-refractivity contribution in [3.63, 3.8) is 0 Å². The van der Waals surface area contributed by atoms with Gasteiger partial charge in [0.15, 0.2) is 0 Å². The van der Waals surface area contributed by atoms with E-state index in [4.69, 9.17) is 9.47 Å². The molecule has 0 aromatic carbocycles. The number of carbonyl (C=O) groups is 2. The zero-order valence-corrected chi connectivity index (χ0v) is 14.1. The highest BCUT2D eigenvalue weighted by Gasteiger charge is 2.42. The van der Waals surface area contributed by atoms with Crippen molar-refractivity contribution in [2.24, 2.45) is 17.8 Å². The van der Waals surface area contributed by atoms with E-state index >= 15 is 0 Å². The topological polar surface area (TPSA) is 52.6 Å². The Kier molecular flexibility index (Phi) is 7.20. The summed E-state index contributed by atoms with van der Waals surface area (Å²) in [6.45, 7) is 9.77. The van der Waals surface area contributed by atoms with Crippen LogP contribution in [-0.4, -0.2) is 24.1 Å². The standard InChI is InChI=1S/C17H30O4/c1-6-12(4)20-16(18)14-10-8-9-11(3)15(14)17(19)21-13(5)7-2/h11-15H,6-10H2,1-5H3. The first-order valence-electron chi connectivity index (χ1n) is 8.31. The summed E-state index contributed by atoms with van der Waals surface area (Å²) in [6, 6.07) is 0. The summed E-state index contributed by atoms with van der Waals surface area (Å²) in [5.41, 5.74) is 0. The maximum atomic E-state index is 12.4. The van der Waals surface area contributed by atoms with Gasteiger partial charge in [0, 0.05) is 0 Å². The highest BCUT2D eigenvalue weighted by molar-refractivity contribution is 5.82. The van der Waals surface area contributed by atoms with Crippen LogP contribution in [-0.2, 0) is 19.1 Å². The summed E-state index contributed by atoms with van der Waals surface area (Å²) in [6.07, 6.45) is 4.03. The summed E-state index contributed by atoms with van der Waals surface area (Å²) in [4.78, 5) is 24.8. The predicted molar refractivity (Wildman–Crippen MR) is 81.7 cm³/mol. The van der Waals surface area contributed by atoms with Gasteiger partial charge in [0.25, 0.3) is 0 Å². The van der Waals surface area contributed by atoms with Crippen LogP contribution in [0.25, 0.3) is 0 Å². The van der Waals surface area contributed by atoms with Crippen molar-refractivity contribution in [3.05, 3.63) is 0 Å². The first kappa shape index (κ1) is 18.0. The number of hydrogen-bond acceptors (Lipinski definition) is 4. The van der Waals surface area contributed by atoms with Crippen LogP contribution >= 0.6 is 0 Å². The molecular formula is C17H30O4. The second-order valence-electron chi connectivity index (χ2n) is 6.35. The molecule has 0 amide bonds. The molecule has 0 spiro atoms. The Morgan fingerprint density at radius 3 is 2.05 bits per heavy atom. The fourth-order valence-corrected chi connectivity index (χ4v) is 2.81. The molecule has 0 bridgehead atoms. The molecule has 1 aliphatic carbocycles. The summed E-state index contributed by atoms with van der Waals surface area (Å²) in [5.74, 6) is -1.00. The molecule has 5 unspecified atom stereocenters. The normalized spacial score (nSPS) is 28.5. The average Bonchev–Trinajstić information content (AvgIpc) is 2.46. The van der Waals surface area contributed by atoms with Crippen LogP contribution in [0, 0.1) is 17.8 Å². The van der Waals surface area contributed by atoms with E-state index < -0.39 is 0 Å². The van der Waals surface area contributed by atoms with E-state index in [1.54, 1.807) is 0 Å². The minimum atomic E-state index is -0.357. The molecule has 4 heteroatoms. The second kappa shape index (κ2) is 8.40. The maximum Gasteiger partial charge on any atom is 0.310 e. The van der Waals surface area contributed by atoms with Crippen molar-refractivity contribution in [3.8, 4) is 0 Å². The molecule has 5 atom stereocenters. The lowest BCUT2D eigenvalue weighted by atomic mass is 9.72. The zero-order valence-electron chi connectivity index (χ0n) is 14.1. The third-order valence-electron chi connectivity index (χ3n) is 4.58. The third-order valence-corrected chi connectivity index (χ3v) is 4.58. The number of esters is 2. The Morgan fingerprint density at radius 1 is 1.00 bits per heavy atom. The van der Waals surface area contributed by atoms with Gasteiger partial charge in [0.2, 0.25) is 0 Å². The van der Waals surface area contributed by atoms with Crippen molar-refractivity contribution in [1.82, 2.24) is 0 Å². The maximum absolute atomic E-state index is 12.4. The average molecular weight is 298 g/mol. The van der Waals surface area contributed by atoms with Gasteiger partial charge >= 0.3 is 11.9 Å². The third kappa shape index (κ3) is 5.01. The molecule has 0 heterocycles. The van der Waals surface area contributed by atoms with Gasteiger partial charge in [0.1, 0.15) is 0 Å². The highest BCUT2D eigenvalue weighted by Crippen LogP contribution is 2.37. The highest BCUT2D eigenvalue weighted by atomic mass is 16.6. The summed E-state index contributed by atoms with van der Waals surface area (Å²) in [7, 11) is 0. The minimum absolute atomic E-state index is 0.0963. The molecule has 0 aromatic rings. The van der Waals surface area contributed by atoms with Crippen molar-refractivity contribution in [2.75, 3.05) is 0 Å². The molecule has 0 aliphatic heterocycles. The van der Waals surface area contributed by atoms with Gasteiger partial charge in [0.05, 0.1) is 24.0 Å². The van der Waals surface area contributed by atoms with Gasteiger partial charge in [-0.15, -0.1) is 0 Å². The zero-order chi connectivity index (χ0) is 16.0. The van der Waals surface area contributed by atoms with Crippen molar-refractivity contribution in [1.29, 1.82) is 0 Å². The van der Waals surface area contributed by atoms with E-state index in [1.165, 1.54) is 0 Å². The quantitative estimate of drug-likeness (QED) is 0.701. The molecule has 1 rings (SSSR count). The summed E-state index contributed by atoms with van der Waals surface area (Å²) in [5, 5.41) is 0. The van der Waals surface area contributed by atoms with Gasteiger partial charge in [-0.3, -0.25) is 9.59 Å². The van der Waals surface area contributed by atoms with E-state index in [0.29, 0.717) is 0 Å². The van der Waals surface area contributed by atoms with Crippen LogP contribution in [0.5, 0.6) is 0 Å². The van der Waals surface area contributed by atoms with Gasteiger partial charge in [-0.1, -0.05) is 27.2 Å². The fourth-order valence-electron chi connectivity index (χ4n) is 2.81. The van der Waals surface area contributed by atoms with Crippen molar-refractivity contribution >= 4 is 11.9 Å². The number of ether oxygens (including phenoxy) is 2. The summed E-state index contributed by atoms with van der Waals surface area (Å²) < 4.78 is 10.9. The van der Waals surface area contributed by atoms with Crippen LogP contribution in [0.2, 0.25) is 0 Å². The molecule has 122 valence electrons. The van der Waals surface area contributed by atoms with E-state index in [2.05, 4.69) is 0 Å². The molecule has 1 aliphatic rings. The molecule has 0 aromatic heterocycles. The smallest absolute Gasteiger partial charge is 0.310 e. The van der Waals surface area contributed by atoms with Crippen LogP contribution in [0.1, 0.15) is 66.7 Å². The van der Waals surface area contributed by atoms with Crippen molar-refractivity contribution < 1.29 is 19.1 Å². The first-order chi connectivity index (χ1) is 9.90. The first-order valence-corrected chi connectivity index (χ1v) is 8.31. The number of carbonyl (C=O) groups excluding carboxylic acids is 2. The van der Waals surface area contributed by atoms with E-state index in [9.17, 15) is 9.59 Å². The van der Waals surface area contributed by atoms with E-state index in [0.717, 1.165) is 32.1 Å². The lowest BCUT2D eigenvalue weighted by Crippen LogP contribution is -2.41. The number of hydrogen-bond donors (Lipinski definition) is 0. The SMILES string of the molecule is CCC(C)OC(=O)C1CCCC(C)C1C(=O)OC(C)CC. The van der Waals surface area contributed by atoms with E-state index in [-0.39, 0.29) is 41.9 Å². The molecule has 21 heavy (non-hydrogen) atoms. The Morgan fingerprint density at radius 2 is 1.52 bits per heavy atom. The van der Waals surface area contributed by atoms with Crippen LogP contribution in [0.4, 0.5) is 0 Å². The fraction of sp³-hybridized carbons (Fsp3) is 0.882. The lowest BCUT2D eigenvalue weighted by molar-refractivity contribution is -0.170. The molecule has 1 fully saturated rings. The van der Waals surface area contributed by atoms with Gasteiger partial charge < -0.3 is 9.47 Å². The number of rotatable bonds is 6. The van der Waals surface area contributed by atoms with Gasteiger partial charge in [-0.05, 0) is 45.4 Å².